The summed E-state index contributed by atoms with van der Waals surface area (Å²) in [5.74, 6) is 0.683. The van der Waals surface area contributed by atoms with Crippen LogP contribution in [-0.2, 0) is 12.8 Å². The summed E-state index contributed by atoms with van der Waals surface area (Å²) in [5, 5.41) is 1.13. The van der Waals surface area contributed by atoms with E-state index in [0.717, 1.165) is 22.7 Å². The van der Waals surface area contributed by atoms with Gasteiger partial charge in [0.1, 0.15) is 5.82 Å². The van der Waals surface area contributed by atoms with Crippen LogP contribution in [0.1, 0.15) is 15.4 Å². The highest BCUT2D eigenvalue weighted by Gasteiger charge is 2.03. The van der Waals surface area contributed by atoms with Crippen molar-refractivity contribution >= 4 is 17.2 Å². The zero-order valence-corrected chi connectivity index (χ0v) is 9.55. The van der Waals surface area contributed by atoms with E-state index in [0.29, 0.717) is 5.82 Å². The van der Waals surface area contributed by atoms with Crippen molar-refractivity contribution in [2.24, 2.45) is 0 Å². The molecule has 2 N–H and O–H groups in total. The van der Waals surface area contributed by atoms with Gasteiger partial charge in [-0.1, -0.05) is 30.3 Å². The predicted octanol–water partition coefficient (Wildman–Crippen LogP) is 2.82. The zero-order valence-electron chi connectivity index (χ0n) is 8.73. The molecule has 0 saturated heterocycles. The fourth-order valence-electron chi connectivity index (χ4n) is 1.47. The van der Waals surface area contributed by atoms with Gasteiger partial charge in [-0.05, 0) is 18.9 Å². The lowest BCUT2D eigenvalue weighted by atomic mass is 10.1. The molecule has 1 heterocycles. The molecule has 0 atom stereocenters. The van der Waals surface area contributed by atoms with Crippen LogP contribution in [0, 0.1) is 6.92 Å². The van der Waals surface area contributed by atoms with Crippen molar-refractivity contribution in [3.8, 4) is 0 Å². The third kappa shape index (κ3) is 2.57. The van der Waals surface area contributed by atoms with Crippen molar-refractivity contribution in [3.05, 3.63) is 45.8 Å². The molecular formula is C12H14N2S. The van der Waals surface area contributed by atoms with Crippen molar-refractivity contribution in [2.75, 3.05) is 5.73 Å². The van der Waals surface area contributed by atoms with E-state index in [9.17, 15) is 0 Å². The number of anilines is 1. The van der Waals surface area contributed by atoms with Gasteiger partial charge in [-0.3, -0.25) is 0 Å². The van der Waals surface area contributed by atoms with E-state index < -0.39 is 0 Å². The Bertz CT molecular complexity index is 415. The first-order valence-electron chi connectivity index (χ1n) is 5.01. The summed E-state index contributed by atoms with van der Waals surface area (Å²) in [5.41, 5.74) is 7.06. The maximum atomic E-state index is 5.71. The molecule has 1 aromatic heterocycles. The van der Waals surface area contributed by atoms with E-state index >= 15 is 0 Å². The Morgan fingerprint density at radius 2 is 1.93 bits per heavy atom. The molecule has 0 radical (unpaired) electrons. The Morgan fingerprint density at radius 3 is 2.53 bits per heavy atom. The quantitative estimate of drug-likeness (QED) is 0.860. The number of rotatable bonds is 3. The zero-order chi connectivity index (χ0) is 10.7. The van der Waals surface area contributed by atoms with Gasteiger partial charge in [-0.25, -0.2) is 4.98 Å². The second-order valence-electron chi connectivity index (χ2n) is 3.53. The maximum absolute atomic E-state index is 5.71. The minimum absolute atomic E-state index is 0.683. The maximum Gasteiger partial charge on any atom is 0.137 e. The first-order chi connectivity index (χ1) is 7.25. The molecule has 0 aliphatic heterocycles. The van der Waals surface area contributed by atoms with Gasteiger partial charge in [0, 0.05) is 11.3 Å². The van der Waals surface area contributed by atoms with Crippen LogP contribution in [0.4, 0.5) is 5.82 Å². The Hall–Kier alpha value is -1.35. The molecule has 3 heteroatoms. The van der Waals surface area contributed by atoms with Gasteiger partial charge in [0.2, 0.25) is 0 Å². The van der Waals surface area contributed by atoms with E-state index in [-0.39, 0.29) is 0 Å². The van der Waals surface area contributed by atoms with Crippen molar-refractivity contribution in [2.45, 2.75) is 19.8 Å². The predicted molar refractivity (Wildman–Crippen MR) is 65.1 cm³/mol. The third-order valence-corrected chi connectivity index (χ3v) is 3.39. The van der Waals surface area contributed by atoms with E-state index in [2.05, 4.69) is 29.2 Å². The molecule has 0 unspecified atom stereocenters. The molecule has 2 rings (SSSR count). The van der Waals surface area contributed by atoms with Crippen LogP contribution in [0.15, 0.2) is 30.3 Å². The highest BCUT2D eigenvalue weighted by Crippen LogP contribution is 2.20. The first kappa shape index (κ1) is 10.2. The lowest BCUT2D eigenvalue weighted by Crippen LogP contribution is -1.91. The molecule has 0 saturated carbocycles. The average molecular weight is 218 g/mol. The lowest BCUT2D eigenvalue weighted by molar-refractivity contribution is 0.946. The Labute approximate surface area is 93.8 Å². The van der Waals surface area contributed by atoms with Gasteiger partial charge < -0.3 is 5.73 Å². The second kappa shape index (κ2) is 4.45. The number of aromatic nitrogens is 1. The van der Waals surface area contributed by atoms with Crippen LogP contribution in [-0.4, -0.2) is 4.98 Å². The highest BCUT2D eigenvalue weighted by molar-refractivity contribution is 7.12. The van der Waals surface area contributed by atoms with Crippen LogP contribution >= 0.6 is 11.3 Å². The van der Waals surface area contributed by atoms with Crippen LogP contribution < -0.4 is 5.73 Å². The largest absolute Gasteiger partial charge is 0.383 e. The van der Waals surface area contributed by atoms with E-state index in [1.54, 1.807) is 11.3 Å². The number of benzene rings is 1. The molecule has 0 aliphatic rings. The molecule has 0 bridgehead atoms. The molecule has 0 aliphatic carbocycles. The van der Waals surface area contributed by atoms with Gasteiger partial charge in [-0.2, -0.15) is 0 Å². The lowest BCUT2D eigenvalue weighted by Gasteiger charge is -1.97. The molecule has 0 spiro atoms. The summed E-state index contributed by atoms with van der Waals surface area (Å²) in [6, 6.07) is 10.5. The van der Waals surface area contributed by atoms with Crippen LogP contribution in [0.3, 0.4) is 0 Å². The van der Waals surface area contributed by atoms with Gasteiger partial charge in [0.15, 0.2) is 0 Å². The van der Waals surface area contributed by atoms with Crippen molar-refractivity contribution in [1.29, 1.82) is 0 Å². The summed E-state index contributed by atoms with van der Waals surface area (Å²) < 4.78 is 0. The molecule has 1 aromatic carbocycles. The highest BCUT2D eigenvalue weighted by atomic mass is 32.1. The van der Waals surface area contributed by atoms with Crippen LogP contribution in [0.2, 0.25) is 0 Å². The summed E-state index contributed by atoms with van der Waals surface area (Å²) in [6.07, 6.45) is 2.01. The second-order valence-corrected chi connectivity index (χ2v) is 4.82. The normalized spacial score (nSPS) is 10.5. The van der Waals surface area contributed by atoms with Crippen molar-refractivity contribution in [3.63, 3.8) is 0 Å². The van der Waals surface area contributed by atoms with Crippen LogP contribution in [0.25, 0.3) is 0 Å². The molecule has 0 fully saturated rings. The monoisotopic (exact) mass is 218 g/mol. The molecular weight excluding hydrogens is 204 g/mol. The minimum Gasteiger partial charge on any atom is -0.383 e. The first-order valence-corrected chi connectivity index (χ1v) is 5.83. The standard InChI is InChI=1S/C12H14N2S/c1-9-12(13)14-11(15-9)8-7-10-5-3-2-4-6-10/h2-6H,7-8,13H2,1H3. The Morgan fingerprint density at radius 1 is 1.20 bits per heavy atom. The SMILES string of the molecule is Cc1sc(CCc2ccccc2)nc1N. The van der Waals surface area contributed by atoms with Crippen molar-refractivity contribution in [1.82, 2.24) is 4.98 Å². The van der Waals surface area contributed by atoms with Crippen LogP contribution in [0.5, 0.6) is 0 Å². The molecule has 2 nitrogen and oxygen atoms in total. The summed E-state index contributed by atoms with van der Waals surface area (Å²) in [7, 11) is 0. The number of hydrogen-bond donors (Lipinski definition) is 1. The van der Waals surface area contributed by atoms with E-state index in [1.807, 2.05) is 13.0 Å². The van der Waals surface area contributed by atoms with Gasteiger partial charge in [0.25, 0.3) is 0 Å². The minimum atomic E-state index is 0.683. The molecule has 78 valence electrons. The number of aryl methyl sites for hydroxylation is 3. The molecule has 15 heavy (non-hydrogen) atoms. The number of nitrogen functional groups attached to an aromatic ring is 1. The summed E-state index contributed by atoms with van der Waals surface area (Å²) in [4.78, 5) is 5.44. The van der Waals surface area contributed by atoms with Gasteiger partial charge in [0.05, 0.1) is 5.01 Å². The van der Waals surface area contributed by atoms with E-state index in [4.69, 9.17) is 5.73 Å². The number of thiazole rings is 1. The Balaban J connectivity index is 1.99. The van der Waals surface area contributed by atoms with Gasteiger partial charge in [-0.15, -0.1) is 11.3 Å². The molecule has 2 aromatic rings. The number of nitrogens with zero attached hydrogens (tertiary/aromatic N) is 1. The topological polar surface area (TPSA) is 38.9 Å². The van der Waals surface area contributed by atoms with Crippen molar-refractivity contribution < 1.29 is 0 Å². The Kier molecular flexibility index (Phi) is 3.02. The van der Waals surface area contributed by atoms with E-state index in [1.165, 1.54) is 5.56 Å². The summed E-state index contributed by atoms with van der Waals surface area (Å²) in [6.45, 7) is 2.01. The fourth-order valence-corrected chi connectivity index (χ4v) is 2.32. The molecule has 0 amide bonds. The number of hydrogen-bond acceptors (Lipinski definition) is 3. The van der Waals surface area contributed by atoms with Gasteiger partial charge >= 0.3 is 0 Å². The fraction of sp³-hybridized carbons (Fsp3) is 0.250. The smallest absolute Gasteiger partial charge is 0.137 e. The third-order valence-electron chi connectivity index (χ3n) is 2.35. The number of nitrogens with two attached hydrogens (primary N) is 1. The summed E-state index contributed by atoms with van der Waals surface area (Å²) >= 11 is 1.70. The average Bonchev–Trinajstić information content (AvgIpc) is 2.57.